The minimum atomic E-state index is -0.553. The molecule has 2 aliphatic carbocycles. The summed E-state index contributed by atoms with van der Waals surface area (Å²) in [7, 11) is 0. The van der Waals surface area contributed by atoms with E-state index in [1.165, 1.54) is 77.9 Å². The van der Waals surface area contributed by atoms with Crippen LogP contribution in [-0.4, -0.2) is 0 Å². The number of fused-ring (bicyclic) bond motifs is 9. The molecule has 0 saturated carbocycles. The SMILES string of the molecule is CC1(C)c2cc(-c3ccc4c(c3)C(c3ccccc3)(c3ccc(-c5cccc6c5oc5ccccc56)cc3)c3ccccc3-4)ccc2-c2ccc(N(c3ccccc3)c3ccc(-c4ccccc4)cc3)cc21. The van der Waals surface area contributed by atoms with Crippen LogP contribution in [0, 0.1) is 0 Å². The zero-order valence-electron chi connectivity index (χ0n) is 40.2. The number of anilines is 3. The summed E-state index contributed by atoms with van der Waals surface area (Å²) in [6.07, 6.45) is 0. The van der Waals surface area contributed by atoms with Crippen molar-refractivity contribution in [3.05, 3.63) is 294 Å². The van der Waals surface area contributed by atoms with Gasteiger partial charge in [0.25, 0.3) is 0 Å². The maximum Gasteiger partial charge on any atom is 0.143 e. The van der Waals surface area contributed by atoms with E-state index in [9.17, 15) is 0 Å². The first-order valence-corrected chi connectivity index (χ1v) is 25.1. The highest BCUT2D eigenvalue weighted by Crippen LogP contribution is 2.58. The number of para-hydroxylation sites is 3. The highest BCUT2D eigenvalue weighted by atomic mass is 16.3. The van der Waals surface area contributed by atoms with E-state index in [0.717, 1.165) is 50.1 Å². The lowest BCUT2D eigenvalue weighted by molar-refractivity contribution is 0.660. The van der Waals surface area contributed by atoms with Gasteiger partial charge in [-0.2, -0.15) is 0 Å². The summed E-state index contributed by atoms with van der Waals surface area (Å²) in [5.41, 5.74) is 24.4. The van der Waals surface area contributed by atoms with Crippen LogP contribution in [0.5, 0.6) is 0 Å². The molecule has 0 N–H and O–H groups in total. The molecule has 12 aromatic rings. The van der Waals surface area contributed by atoms with Crippen molar-refractivity contribution in [2.75, 3.05) is 4.90 Å². The largest absolute Gasteiger partial charge is 0.455 e. The standard InChI is InChI=1S/C70H49NO/c1-69(2)64-43-49(33-40-58(64)59-42-39-55(45-65(59)69)71(53-21-10-5-11-22-53)54-37-31-47(32-38-54)46-17-6-3-7-18-46)50-34-41-60-57-23-12-14-27-63(57)70(66(60)44-50,51-19-8-4-9-20-51)52-35-29-48(30-36-52)56-25-16-26-62-61-24-13-15-28-67(61)72-68(56)62/h3-45H,1-2H3. The summed E-state index contributed by atoms with van der Waals surface area (Å²) >= 11 is 0. The third kappa shape index (κ3) is 6.35. The van der Waals surface area contributed by atoms with Crippen LogP contribution in [0.15, 0.2) is 265 Å². The number of benzene rings is 11. The summed E-state index contributed by atoms with van der Waals surface area (Å²) in [5, 5.41) is 2.28. The molecule has 1 atom stereocenters. The second-order valence-electron chi connectivity index (χ2n) is 20.0. The average molecular weight is 920 g/mol. The fraction of sp³-hybridized carbons (Fsp3) is 0.0571. The van der Waals surface area contributed by atoms with Crippen LogP contribution < -0.4 is 4.90 Å². The van der Waals surface area contributed by atoms with Gasteiger partial charge in [-0.05, 0) is 138 Å². The van der Waals surface area contributed by atoms with E-state index in [1.54, 1.807) is 0 Å². The van der Waals surface area contributed by atoms with Gasteiger partial charge in [0.2, 0.25) is 0 Å². The molecule has 1 aromatic heterocycles. The molecule has 1 heterocycles. The number of nitrogens with zero attached hydrogens (tertiary/aromatic N) is 1. The Bertz CT molecular complexity index is 4040. The number of rotatable bonds is 8. The highest BCUT2D eigenvalue weighted by Gasteiger charge is 2.46. The smallest absolute Gasteiger partial charge is 0.143 e. The zero-order chi connectivity index (χ0) is 48.0. The Balaban J connectivity index is 0.863. The van der Waals surface area contributed by atoms with Crippen molar-refractivity contribution in [3.8, 4) is 55.6 Å². The van der Waals surface area contributed by atoms with Gasteiger partial charge in [-0.15, -0.1) is 0 Å². The molecule has 2 nitrogen and oxygen atoms in total. The highest BCUT2D eigenvalue weighted by molar-refractivity contribution is 6.09. The van der Waals surface area contributed by atoms with Crippen molar-refractivity contribution >= 4 is 39.0 Å². The van der Waals surface area contributed by atoms with Gasteiger partial charge in [-0.3, -0.25) is 0 Å². The van der Waals surface area contributed by atoms with Gasteiger partial charge < -0.3 is 9.32 Å². The molecule has 0 radical (unpaired) electrons. The first kappa shape index (κ1) is 41.9. The fourth-order valence-electron chi connectivity index (χ4n) is 12.3. The monoisotopic (exact) mass is 919 g/mol. The van der Waals surface area contributed by atoms with E-state index in [4.69, 9.17) is 4.42 Å². The van der Waals surface area contributed by atoms with Crippen molar-refractivity contribution < 1.29 is 4.42 Å². The molecule has 1 unspecified atom stereocenters. The quantitative estimate of drug-likeness (QED) is 0.151. The Morgan fingerprint density at radius 3 is 1.54 bits per heavy atom. The predicted octanol–water partition coefficient (Wildman–Crippen LogP) is 18.7. The van der Waals surface area contributed by atoms with E-state index in [0.29, 0.717) is 0 Å². The van der Waals surface area contributed by atoms with E-state index in [1.807, 2.05) is 6.07 Å². The molecule has 14 rings (SSSR count). The van der Waals surface area contributed by atoms with Gasteiger partial charge in [0, 0.05) is 38.8 Å². The van der Waals surface area contributed by atoms with Gasteiger partial charge in [0.05, 0.1) is 5.41 Å². The average Bonchev–Trinajstić information content (AvgIpc) is 4.05. The summed E-state index contributed by atoms with van der Waals surface area (Å²) in [5.74, 6) is 0. The Kier molecular flexibility index (Phi) is 9.50. The molecular formula is C70H49NO. The summed E-state index contributed by atoms with van der Waals surface area (Å²) < 4.78 is 6.53. The maximum atomic E-state index is 6.53. The molecule has 72 heavy (non-hydrogen) atoms. The fourth-order valence-corrected chi connectivity index (χ4v) is 12.3. The topological polar surface area (TPSA) is 16.4 Å². The van der Waals surface area contributed by atoms with Crippen LogP contribution in [0.25, 0.3) is 77.6 Å². The molecule has 11 aromatic carbocycles. The molecule has 0 aliphatic heterocycles. The number of hydrogen-bond donors (Lipinski definition) is 0. The van der Waals surface area contributed by atoms with Crippen LogP contribution in [-0.2, 0) is 10.8 Å². The normalized spacial score (nSPS) is 15.0. The van der Waals surface area contributed by atoms with Gasteiger partial charge in [-0.1, -0.05) is 220 Å². The maximum absolute atomic E-state index is 6.53. The Labute approximate surface area is 420 Å². The van der Waals surface area contributed by atoms with E-state index in [-0.39, 0.29) is 5.41 Å². The van der Waals surface area contributed by atoms with Crippen LogP contribution in [0.2, 0.25) is 0 Å². The van der Waals surface area contributed by atoms with Gasteiger partial charge in [-0.25, -0.2) is 0 Å². The minimum absolute atomic E-state index is 0.245. The lowest BCUT2D eigenvalue weighted by Gasteiger charge is -2.34. The van der Waals surface area contributed by atoms with Gasteiger partial charge >= 0.3 is 0 Å². The molecule has 0 fully saturated rings. The lowest BCUT2D eigenvalue weighted by atomic mass is 9.67. The van der Waals surface area contributed by atoms with Crippen LogP contribution in [0.3, 0.4) is 0 Å². The first-order chi connectivity index (χ1) is 35.4. The van der Waals surface area contributed by atoms with Crippen LogP contribution in [0.1, 0.15) is 47.2 Å². The van der Waals surface area contributed by atoms with Crippen molar-refractivity contribution in [2.24, 2.45) is 0 Å². The van der Waals surface area contributed by atoms with E-state index < -0.39 is 5.41 Å². The second-order valence-corrected chi connectivity index (χ2v) is 20.0. The summed E-state index contributed by atoms with van der Waals surface area (Å²) in [6.45, 7) is 4.79. The zero-order valence-corrected chi connectivity index (χ0v) is 40.2. The van der Waals surface area contributed by atoms with Crippen molar-refractivity contribution in [3.63, 3.8) is 0 Å². The predicted molar refractivity (Wildman–Crippen MR) is 300 cm³/mol. The van der Waals surface area contributed by atoms with Crippen molar-refractivity contribution in [2.45, 2.75) is 24.7 Å². The number of furan rings is 1. The molecule has 0 spiro atoms. The molecule has 0 saturated heterocycles. The summed E-state index contributed by atoms with van der Waals surface area (Å²) in [4.78, 5) is 2.38. The number of hydrogen-bond acceptors (Lipinski definition) is 2. The molecule has 340 valence electrons. The lowest BCUT2D eigenvalue weighted by Crippen LogP contribution is -2.28. The Morgan fingerprint density at radius 2 is 0.792 bits per heavy atom. The Hall–Kier alpha value is -8.98. The van der Waals surface area contributed by atoms with Crippen molar-refractivity contribution in [1.82, 2.24) is 0 Å². The van der Waals surface area contributed by atoms with Gasteiger partial charge in [0.1, 0.15) is 11.2 Å². The molecule has 2 aliphatic rings. The molecule has 2 heteroatoms. The third-order valence-electron chi connectivity index (χ3n) is 15.8. The first-order valence-electron chi connectivity index (χ1n) is 25.1. The molecular weight excluding hydrogens is 871 g/mol. The summed E-state index contributed by atoms with van der Waals surface area (Å²) in [6, 6.07) is 96.0. The molecule has 0 bridgehead atoms. The Morgan fingerprint density at radius 1 is 0.306 bits per heavy atom. The second kappa shape index (κ2) is 16.3. The van der Waals surface area contributed by atoms with Gasteiger partial charge in [0.15, 0.2) is 0 Å². The molecule has 0 amide bonds. The van der Waals surface area contributed by atoms with Crippen LogP contribution in [0.4, 0.5) is 17.1 Å². The van der Waals surface area contributed by atoms with E-state index in [2.05, 4.69) is 274 Å². The van der Waals surface area contributed by atoms with Crippen LogP contribution >= 0.6 is 0 Å². The minimum Gasteiger partial charge on any atom is -0.455 e. The van der Waals surface area contributed by atoms with Crippen molar-refractivity contribution in [1.29, 1.82) is 0 Å². The third-order valence-corrected chi connectivity index (χ3v) is 15.8. The van der Waals surface area contributed by atoms with E-state index >= 15 is 0 Å².